The highest BCUT2D eigenvalue weighted by atomic mass is 15.2. The monoisotopic (exact) mass is 198 g/mol. The van der Waals surface area contributed by atoms with Crippen LogP contribution in [0.4, 0.5) is 0 Å². The van der Waals surface area contributed by atoms with Gasteiger partial charge >= 0.3 is 0 Å². The maximum Gasteiger partial charge on any atom is 0.00962 e. The Balaban J connectivity index is 2.56. The van der Waals surface area contributed by atoms with Gasteiger partial charge in [0.2, 0.25) is 0 Å². The largest absolute Gasteiger partial charge is 0.330 e. The minimum atomic E-state index is 0.270. The average molecular weight is 198 g/mol. The Morgan fingerprint density at radius 2 is 2.00 bits per heavy atom. The number of likely N-dealkylation sites (tertiary alicyclic amines) is 1. The molecule has 0 amide bonds. The molecule has 1 aliphatic rings. The molecule has 0 bridgehead atoms. The second-order valence-electron chi connectivity index (χ2n) is 5.53. The van der Waals surface area contributed by atoms with E-state index in [0.29, 0.717) is 0 Å². The summed E-state index contributed by atoms with van der Waals surface area (Å²) in [6.07, 6.45) is 4.02. The van der Waals surface area contributed by atoms with Crippen LogP contribution in [0.1, 0.15) is 47.0 Å². The van der Waals surface area contributed by atoms with Crippen molar-refractivity contribution < 1.29 is 0 Å². The quantitative estimate of drug-likeness (QED) is 0.750. The van der Waals surface area contributed by atoms with Crippen LogP contribution in [0.3, 0.4) is 0 Å². The van der Waals surface area contributed by atoms with Gasteiger partial charge in [-0.2, -0.15) is 0 Å². The summed E-state index contributed by atoms with van der Waals surface area (Å²) in [4.78, 5) is 2.66. The minimum Gasteiger partial charge on any atom is -0.330 e. The van der Waals surface area contributed by atoms with Gasteiger partial charge < -0.3 is 5.73 Å². The van der Waals surface area contributed by atoms with Gasteiger partial charge in [0.25, 0.3) is 0 Å². The van der Waals surface area contributed by atoms with E-state index in [1.165, 1.54) is 19.3 Å². The van der Waals surface area contributed by atoms with Crippen LogP contribution < -0.4 is 5.73 Å². The first-order valence-corrected chi connectivity index (χ1v) is 5.96. The average Bonchev–Trinajstić information content (AvgIpc) is 2.48. The molecule has 0 aromatic heterocycles. The van der Waals surface area contributed by atoms with Crippen LogP contribution in [0.15, 0.2) is 0 Å². The fourth-order valence-electron chi connectivity index (χ4n) is 2.41. The molecule has 0 aromatic rings. The van der Waals surface area contributed by atoms with Crippen molar-refractivity contribution in [2.45, 2.75) is 59.0 Å². The Kier molecular flexibility index (Phi) is 3.96. The first-order valence-electron chi connectivity index (χ1n) is 5.96. The second-order valence-corrected chi connectivity index (χ2v) is 5.53. The molecule has 2 nitrogen and oxygen atoms in total. The molecule has 1 aliphatic heterocycles. The maximum atomic E-state index is 5.79. The van der Waals surface area contributed by atoms with E-state index in [-0.39, 0.29) is 5.41 Å². The summed E-state index contributed by atoms with van der Waals surface area (Å²) >= 11 is 0. The third-order valence-electron chi connectivity index (χ3n) is 3.59. The number of nitrogens with zero attached hydrogens (tertiary/aromatic N) is 1. The molecule has 84 valence electrons. The molecule has 0 spiro atoms. The van der Waals surface area contributed by atoms with E-state index in [2.05, 4.69) is 32.6 Å². The summed E-state index contributed by atoms with van der Waals surface area (Å²) < 4.78 is 0. The van der Waals surface area contributed by atoms with Gasteiger partial charge in [-0.05, 0) is 38.1 Å². The fourth-order valence-corrected chi connectivity index (χ4v) is 2.41. The molecule has 1 fully saturated rings. The van der Waals surface area contributed by atoms with Crippen LogP contribution in [0.25, 0.3) is 0 Å². The van der Waals surface area contributed by atoms with Crippen molar-refractivity contribution in [2.24, 2.45) is 11.1 Å². The standard InChI is InChI=1S/C12H26N2/c1-5-11-7-6-10(2)14(11)9-12(3,4)8-13/h10-11H,5-9,13H2,1-4H3. The lowest BCUT2D eigenvalue weighted by Crippen LogP contribution is -2.43. The lowest BCUT2D eigenvalue weighted by molar-refractivity contribution is 0.132. The van der Waals surface area contributed by atoms with Crippen molar-refractivity contribution in [3.05, 3.63) is 0 Å². The first kappa shape index (κ1) is 12.0. The highest BCUT2D eigenvalue weighted by molar-refractivity contribution is 4.88. The predicted octanol–water partition coefficient (Wildman–Crippen LogP) is 2.23. The lowest BCUT2D eigenvalue weighted by Gasteiger charge is -2.35. The Morgan fingerprint density at radius 3 is 2.50 bits per heavy atom. The van der Waals surface area contributed by atoms with Crippen molar-refractivity contribution in [3.63, 3.8) is 0 Å². The third kappa shape index (κ3) is 2.71. The molecule has 0 aliphatic carbocycles. The topological polar surface area (TPSA) is 29.3 Å². The van der Waals surface area contributed by atoms with Crippen LogP contribution >= 0.6 is 0 Å². The minimum absolute atomic E-state index is 0.270. The van der Waals surface area contributed by atoms with Crippen LogP contribution in [-0.4, -0.2) is 30.1 Å². The lowest BCUT2D eigenvalue weighted by atomic mass is 9.92. The Labute approximate surface area is 88.8 Å². The fraction of sp³-hybridized carbons (Fsp3) is 1.00. The summed E-state index contributed by atoms with van der Waals surface area (Å²) in [5.74, 6) is 0. The summed E-state index contributed by atoms with van der Waals surface area (Å²) in [5, 5.41) is 0. The van der Waals surface area contributed by atoms with E-state index in [9.17, 15) is 0 Å². The van der Waals surface area contributed by atoms with Crippen molar-refractivity contribution in [1.29, 1.82) is 0 Å². The number of rotatable bonds is 4. The molecule has 2 N–H and O–H groups in total. The highest BCUT2D eigenvalue weighted by Crippen LogP contribution is 2.29. The predicted molar refractivity (Wildman–Crippen MR) is 62.3 cm³/mol. The molecule has 0 radical (unpaired) electrons. The SMILES string of the molecule is CCC1CCC(C)N1CC(C)(C)CN. The van der Waals surface area contributed by atoms with E-state index in [1.807, 2.05) is 0 Å². The summed E-state index contributed by atoms with van der Waals surface area (Å²) in [6.45, 7) is 11.1. The molecule has 2 unspecified atom stereocenters. The van der Waals surface area contributed by atoms with E-state index in [4.69, 9.17) is 5.73 Å². The number of hydrogen-bond donors (Lipinski definition) is 1. The Hall–Kier alpha value is -0.0800. The van der Waals surface area contributed by atoms with Crippen molar-refractivity contribution in [1.82, 2.24) is 4.90 Å². The number of hydrogen-bond acceptors (Lipinski definition) is 2. The van der Waals surface area contributed by atoms with E-state index in [1.54, 1.807) is 0 Å². The van der Waals surface area contributed by atoms with E-state index >= 15 is 0 Å². The molecule has 14 heavy (non-hydrogen) atoms. The van der Waals surface area contributed by atoms with Gasteiger partial charge in [-0.1, -0.05) is 20.8 Å². The van der Waals surface area contributed by atoms with Crippen molar-refractivity contribution >= 4 is 0 Å². The summed E-state index contributed by atoms with van der Waals surface area (Å²) in [6, 6.07) is 1.56. The molecular formula is C12H26N2. The number of nitrogens with two attached hydrogens (primary N) is 1. The normalized spacial score (nSPS) is 29.8. The third-order valence-corrected chi connectivity index (χ3v) is 3.59. The van der Waals surface area contributed by atoms with Crippen LogP contribution in [0, 0.1) is 5.41 Å². The van der Waals surface area contributed by atoms with Gasteiger partial charge in [-0.25, -0.2) is 0 Å². The molecule has 1 rings (SSSR count). The van der Waals surface area contributed by atoms with Crippen LogP contribution in [0.2, 0.25) is 0 Å². The van der Waals surface area contributed by atoms with E-state index in [0.717, 1.165) is 25.2 Å². The zero-order valence-corrected chi connectivity index (χ0v) is 10.2. The van der Waals surface area contributed by atoms with Gasteiger partial charge in [0.1, 0.15) is 0 Å². The molecule has 2 heteroatoms. The zero-order valence-electron chi connectivity index (χ0n) is 10.2. The molecule has 0 saturated carbocycles. The molecule has 1 saturated heterocycles. The summed E-state index contributed by atoms with van der Waals surface area (Å²) in [5.41, 5.74) is 6.06. The van der Waals surface area contributed by atoms with Gasteiger partial charge in [0.15, 0.2) is 0 Å². The second kappa shape index (κ2) is 4.63. The van der Waals surface area contributed by atoms with Gasteiger partial charge in [-0.3, -0.25) is 4.90 Å². The summed E-state index contributed by atoms with van der Waals surface area (Å²) in [7, 11) is 0. The first-order chi connectivity index (χ1) is 6.50. The van der Waals surface area contributed by atoms with Crippen LogP contribution in [-0.2, 0) is 0 Å². The highest BCUT2D eigenvalue weighted by Gasteiger charge is 2.32. The smallest absolute Gasteiger partial charge is 0.00962 e. The van der Waals surface area contributed by atoms with Gasteiger partial charge in [0.05, 0.1) is 0 Å². The van der Waals surface area contributed by atoms with Gasteiger partial charge in [-0.15, -0.1) is 0 Å². The Bertz CT molecular complexity index is 177. The zero-order chi connectivity index (χ0) is 10.8. The molecule has 1 heterocycles. The van der Waals surface area contributed by atoms with Crippen LogP contribution in [0.5, 0.6) is 0 Å². The van der Waals surface area contributed by atoms with E-state index < -0.39 is 0 Å². The molecular weight excluding hydrogens is 172 g/mol. The van der Waals surface area contributed by atoms with Gasteiger partial charge in [0, 0.05) is 18.6 Å². The maximum absolute atomic E-state index is 5.79. The van der Waals surface area contributed by atoms with Crippen molar-refractivity contribution in [2.75, 3.05) is 13.1 Å². The molecule has 0 aromatic carbocycles. The Morgan fingerprint density at radius 1 is 1.36 bits per heavy atom. The van der Waals surface area contributed by atoms with Crippen molar-refractivity contribution in [3.8, 4) is 0 Å². The molecule has 2 atom stereocenters.